The van der Waals surface area contributed by atoms with Crippen LogP contribution in [0.15, 0.2) is 40.9 Å². The third kappa shape index (κ3) is 5.14. The Kier molecular flexibility index (Phi) is 7.15. The molecule has 3 rings (SSSR count). The molecule has 150 valence electrons. The number of benzene rings is 2. The average molecular weight is 494 g/mol. The average Bonchev–Trinajstić information content (AvgIpc) is 2.66. The van der Waals surface area contributed by atoms with Gasteiger partial charge in [0.1, 0.15) is 5.75 Å². The monoisotopic (exact) mass is 492 g/mol. The Balaban J connectivity index is 1.67. The van der Waals surface area contributed by atoms with Gasteiger partial charge >= 0.3 is 6.61 Å². The Hall–Kier alpha value is -1.41. The summed E-state index contributed by atoms with van der Waals surface area (Å²) >= 11 is 15.7. The molecule has 1 amide bonds. The third-order valence-corrected chi connectivity index (χ3v) is 5.69. The van der Waals surface area contributed by atoms with E-state index in [-0.39, 0.29) is 17.2 Å². The molecule has 1 saturated heterocycles. The second-order valence-electron chi connectivity index (χ2n) is 6.29. The summed E-state index contributed by atoms with van der Waals surface area (Å²) in [5.74, 6) is -0.471. The van der Waals surface area contributed by atoms with E-state index in [4.69, 9.17) is 23.2 Å². The van der Waals surface area contributed by atoms with E-state index in [0.29, 0.717) is 47.2 Å². The van der Waals surface area contributed by atoms with Gasteiger partial charge in [-0.2, -0.15) is 8.78 Å². The zero-order chi connectivity index (χ0) is 20.3. The maximum Gasteiger partial charge on any atom is 0.387 e. The number of carbonyl (C=O) groups excluding carboxylic acids is 1. The van der Waals surface area contributed by atoms with Gasteiger partial charge in [-0.3, -0.25) is 9.69 Å². The first kappa shape index (κ1) is 21.3. The van der Waals surface area contributed by atoms with Crippen LogP contribution in [-0.2, 0) is 6.54 Å². The Morgan fingerprint density at radius 3 is 2.36 bits per heavy atom. The number of alkyl halides is 2. The van der Waals surface area contributed by atoms with Gasteiger partial charge in [-0.1, -0.05) is 45.2 Å². The van der Waals surface area contributed by atoms with Crippen molar-refractivity contribution in [3.63, 3.8) is 0 Å². The van der Waals surface area contributed by atoms with E-state index < -0.39 is 6.61 Å². The molecule has 0 atom stereocenters. The summed E-state index contributed by atoms with van der Waals surface area (Å²) in [5, 5.41) is 1.21. The summed E-state index contributed by atoms with van der Waals surface area (Å²) in [4.78, 5) is 16.6. The van der Waals surface area contributed by atoms with Gasteiger partial charge in [0, 0.05) is 52.8 Å². The summed E-state index contributed by atoms with van der Waals surface area (Å²) in [6, 6.07) is 9.79. The van der Waals surface area contributed by atoms with Crippen LogP contribution in [-0.4, -0.2) is 48.5 Å². The zero-order valence-corrected chi connectivity index (χ0v) is 17.8. The molecule has 0 saturated carbocycles. The number of carbonyl (C=O) groups is 1. The molecule has 1 heterocycles. The van der Waals surface area contributed by atoms with Crippen molar-refractivity contribution < 1.29 is 18.3 Å². The van der Waals surface area contributed by atoms with E-state index in [0.717, 1.165) is 5.56 Å². The minimum Gasteiger partial charge on any atom is -0.434 e. The molecular weight excluding hydrogens is 477 g/mol. The third-order valence-electron chi connectivity index (χ3n) is 4.49. The maximum atomic E-state index is 12.8. The lowest BCUT2D eigenvalue weighted by Gasteiger charge is -2.35. The molecule has 9 heteroatoms. The van der Waals surface area contributed by atoms with E-state index >= 15 is 0 Å². The molecule has 0 bridgehead atoms. The lowest BCUT2D eigenvalue weighted by molar-refractivity contribution is -0.0503. The number of piperazine rings is 1. The molecule has 2 aromatic rings. The van der Waals surface area contributed by atoms with Crippen LogP contribution < -0.4 is 4.74 Å². The van der Waals surface area contributed by atoms with Crippen molar-refractivity contribution in [2.45, 2.75) is 13.2 Å². The Labute approximate surface area is 180 Å². The van der Waals surface area contributed by atoms with Crippen molar-refractivity contribution in [2.75, 3.05) is 26.2 Å². The summed E-state index contributed by atoms with van der Waals surface area (Å²) in [5.41, 5.74) is 0.961. The molecule has 4 nitrogen and oxygen atoms in total. The van der Waals surface area contributed by atoms with E-state index in [1.165, 1.54) is 12.1 Å². The number of nitrogens with zero attached hydrogens (tertiary/aromatic N) is 2. The summed E-state index contributed by atoms with van der Waals surface area (Å²) < 4.78 is 30.4. The zero-order valence-electron chi connectivity index (χ0n) is 14.7. The smallest absolute Gasteiger partial charge is 0.387 e. The quantitative estimate of drug-likeness (QED) is 0.565. The van der Waals surface area contributed by atoms with Gasteiger partial charge in [-0.15, -0.1) is 0 Å². The van der Waals surface area contributed by atoms with E-state index in [1.807, 2.05) is 0 Å². The van der Waals surface area contributed by atoms with E-state index in [1.54, 1.807) is 29.2 Å². The van der Waals surface area contributed by atoms with Crippen LogP contribution in [0.3, 0.4) is 0 Å². The van der Waals surface area contributed by atoms with Gasteiger partial charge in [0.05, 0.1) is 5.56 Å². The molecule has 0 spiro atoms. The van der Waals surface area contributed by atoms with Crippen molar-refractivity contribution in [1.29, 1.82) is 0 Å². The molecular formula is C19H17BrCl2F2N2O2. The number of amides is 1. The standard InChI is InChI=1S/C19H17BrCl2F2N2O2/c20-12-4-5-17(28-19(23)24)13(10-12)18(27)26-8-6-25(7-9-26)11-14-15(21)2-1-3-16(14)22/h1-5,10,19H,6-9,11H2. The van der Waals surface area contributed by atoms with E-state index in [2.05, 4.69) is 25.6 Å². The molecule has 0 aromatic heterocycles. The van der Waals surface area contributed by atoms with Crippen LogP contribution in [0, 0.1) is 0 Å². The highest BCUT2D eigenvalue weighted by Gasteiger charge is 2.26. The predicted octanol–water partition coefficient (Wildman–Crippen LogP) is 5.32. The van der Waals surface area contributed by atoms with Crippen molar-refractivity contribution in [3.8, 4) is 5.75 Å². The topological polar surface area (TPSA) is 32.8 Å². The van der Waals surface area contributed by atoms with Crippen LogP contribution in [0.5, 0.6) is 5.75 Å². The molecule has 1 aliphatic heterocycles. The fourth-order valence-electron chi connectivity index (χ4n) is 3.05. The summed E-state index contributed by atoms with van der Waals surface area (Å²) in [6.07, 6.45) is 0. The van der Waals surface area contributed by atoms with Gasteiger partial charge in [-0.05, 0) is 30.3 Å². The Morgan fingerprint density at radius 2 is 1.75 bits per heavy atom. The van der Waals surface area contributed by atoms with Gasteiger partial charge in [-0.25, -0.2) is 0 Å². The van der Waals surface area contributed by atoms with Crippen LogP contribution in [0.1, 0.15) is 15.9 Å². The van der Waals surface area contributed by atoms with Crippen molar-refractivity contribution in [2.24, 2.45) is 0 Å². The SMILES string of the molecule is O=C(c1cc(Br)ccc1OC(F)F)N1CCN(Cc2c(Cl)cccc2Cl)CC1. The molecule has 0 aliphatic carbocycles. The highest BCUT2D eigenvalue weighted by atomic mass is 79.9. The van der Waals surface area contributed by atoms with Crippen LogP contribution >= 0.6 is 39.1 Å². The molecule has 0 radical (unpaired) electrons. The molecule has 2 aromatic carbocycles. The molecule has 28 heavy (non-hydrogen) atoms. The number of hydrogen-bond acceptors (Lipinski definition) is 3. The predicted molar refractivity (Wildman–Crippen MR) is 108 cm³/mol. The van der Waals surface area contributed by atoms with Crippen LogP contribution in [0.2, 0.25) is 10.0 Å². The lowest BCUT2D eigenvalue weighted by Crippen LogP contribution is -2.48. The highest BCUT2D eigenvalue weighted by molar-refractivity contribution is 9.10. The largest absolute Gasteiger partial charge is 0.434 e. The first-order valence-electron chi connectivity index (χ1n) is 8.54. The fourth-order valence-corrected chi connectivity index (χ4v) is 3.93. The summed E-state index contributed by atoms with van der Waals surface area (Å²) in [7, 11) is 0. The first-order chi connectivity index (χ1) is 13.3. The van der Waals surface area contributed by atoms with Gasteiger partial charge in [0.15, 0.2) is 0 Å². The number of rotatable bonds is 5. The molecule has 0 N–H and O–H groups in total. The van der Waals surface area contributed by atoms with Crippen molar-refractivity contribution >= 4 is 45.0 Å². The second-order valence-corrected chi connectivity index (χ2v) is 8.02. The van der Waals surface area contributed by atoms with Gasteiger partial charge in [0.2, 0.25) is 0 Å². The Morgan fingerprint density at radius 1 is 1.11 bits per heavy atom. The van der Waals surface area contributed by atoms with Crippen molar-refractivity contribution in [1.82, 2.24) is 9.80 Å². The fraction of sp³-hybridized carbons (Fsp3) is 0.316. The molecule has 1 aliphatic rings. The normalized spacial score (nSPS) is 15.1. The van der Waals surface area contributed by atoms with Gasteiger partial charge < -0.3 is 9.64 Å². The summed E-state index contributed by atoms with van der Waals surface area (Å²) in [6.45, 7) is -0.260. The molecule has 1 fully saturated rings. The number of hydrogen-bond donors (Lipinski definition) is 0. The van der Waals surface area contributed by atoms with E-state index in [9.17, 15) is 13.6 Å². The minimum absolute atomic E-state index is 0.109. The van der Waals surface area contributed by atoms with Crippen LogP contribution in [0.4, 0.5) is 8.78 Å². The van der Waals surface area contributed by atoms with Crippen molar-refractivity contribution in [3.05, 3.63) is 62.0 Å². The number of ether oxygens (including phenoxy) is 1. The maximum absolute atomic E-state index is 12.8. The van der Waals surface area contributed by atoms with Gasteiger partial charge in [0.25, 0.3) is 5.91 Å². The number of halogens is 5. The Bertz CT molecular complexity index is 842. The first-order valence-corrected chi connectivity index (χ1v) is 10.1. The second kappa shape index (κ2) is 9.39. The minimum atomic E-state index is -3.00. The lowest BCUT2D eigenvalue weighted by atomic mass is 10.1. The highest BCUT2D eigenvalue weighted by Crippen LogP contribution is 2.28. The molecule has 0 unspecified atom stereocenters. The van der Waals surface area contributed by atoms with Crippen LogP contribution in [0.25, 0.3) is 0 Å².